The number of carbonyl (C=O) groups is 2. The summed E-state index contributed by atoms with van der Waals surface area (Å²) < 4.78 is 10.3. The third-order valence-corrected chi connectivity index (χ3v) is 5.71. The smallest absolute Gasteiger partial charge is 0.305 e. The summed E-state index contributed by atoms with van der Waals surface area (Å²) in [6.45, 7) is 3.50. The maximum absolute atomic E-state index is 12.6. The van der Waals surface area contributed by atoms with Gasteiger partial charge in [-0.25, -0.2) is 0 Å². The highest BCUT2D eigenvalue weighted by atomic mass is 16.5. The Hall–Kier alpha value is -2.50. The van der Waals surface area contributed by atoms with Crippen LogP contribution in [0.3, 0.4) is 0 Å². The number of likely N-dealkylation sites (tertiary alicyclic amines) is 1. The topological polar surface area (TPSA) is 71.6 Å². The summed E-state index contributed by atoms with van der Waals surface area (Å²) in [5.41, 5.74) is 2.19. The molecule has 0 spiro atoms. The summed E-state index contributed by atoms with van der Waals surface area (Å²) >= 11 is 0. The van der Waals surface area contributed by atoms with Crippen molar-refractivity contribution in [3.63, 3.8) is 0 Å². The van der Waals surface area contributed by atoms with Gasteiger partial charge in [-0.3, -0.25) is 9.59 Å². The van der Waals surface area contributed by atoms with Gasteiger partial charge in [-0.2, -0.15) is 0 Å². The molecule has 1 fully saturated rings. The number of esters is 1. The van der Waals surface area contributed by atoms with Gasteiger partial charge in [-0.05, 0) is 36.0 Å². The summed E-state index contributed by atoms with van der Waals surface area (Å²) in [5.74, 6) is 1.16. The molecule has 1 N–H and O–H groups in total. The van der Waals surface area contributed by atoms with Crippen molar-refractivity contribution < 1.29 is 19.1 Å². The molecule has 0 bridgehead atoms. The number of aromatic amines is 1. The van der Waals surface area contributed by atoms with E-state index in [1.807, 2.05) is 29.3 Å². The first-order valence-corrected chi connectivity index (χ1v) is 9.54. The first-order chi connectivity index (χ1) is 13.1. The molecule has 6 heteroatoms. The van der Waals surface area contributed by atoms with E-state index in [4.69, 9.17) is 9.47 Å². The minimum Gasteiger partial charge on any atom is -0.496 e. The van der Waals surface area contributed by atoms with Crippen molar-refractivity contribution in [3.8, 4) is 5.75 Å². The molecular formula is C21H28N2O4. The van der Waals surface area contributed by atoms with Crippen LogP contribution in [-0.4, -0.2) is 49.1 Å². The molecule has 27 heavy (non-hydrogen) atoms. The molecule has 146 valence electrons. The SMILES string of the molecule is CC[C@@H]1CN(CCc2c[nH]c3cccc(OC)c23)C(=O)C[C@@H]1CC(=O)OC. The highest BCUT2D eigenvalue weighted by molar-refractivity contribution is 5.89. The van der Waals surface area contributed by atoms with Gasteiger partial charge in [0.25, 0.3) is 0 Å². The van der Waals surface area contributed by atoms with E-state index in [2.05, 4.69) is 11.9 Å². The number of ether oxygens (including phenoxy) is 2. The largest absolute Gasteiger partial charge is 0.496 e. The average Bonchev–Trinajstić information content (AvgIpc) is 3.10. The number of amides is 1. The third-order valence-electron chi connectivity index (χ3n) is 5.71. The number of hydrogen-bond acceptors (Lipinski definition) is 4. The van der Waals surface area contributed by atoms with E-state index in [-0.39, 0.29) is 17.8 Å². The lowest BCUT2D eigenvalue weighted by Gasteiger charge is -2.37. The Morgan fingerprint density at radius 1 is 1.30 bits per heavy atom. The summed E-state index contributed by atoms with van der Waals surface area (Å²) in [4.78, 5) is 29.5. The highest BCUT2D eigenvalue weighted by Crippen LogP contribution is 2.32. The number of hydrogen-bond donors (Lipinski definition) is 1. The Labute approximate surface area is 159 Å². The fourth-order valence-corrected chi connectivity index (χ4v) is 4.11. The van der Waals surface area contributed by atoms with Crippen LogP contribution in [0.2, 0.25) is 0 Å². The molecule has 0 unspecified atom stereocenters. The van der Waals surface area contributed by atoms with E-state index in [1.54, 1.807) is 7.11 Å². The summed E-state index contributed by atoms with van der Waals surface area (Å²) in [6, 6.07) is 5.94. The van der Waals surface area contributed by atoms with Gasteiger partial charge in [0.15, 0.2) is 0 Å². The van der Waals surface area contributed by atoms with Crippen molar-refractivity contribution >= 4 is 22.8 Å². The minimum absolute atomic E-state index is 0.0828. The third kappa shape index (κ3) is 4.10. The van der Waals surface area contributed by atoms with Crippen molar-refractivity contribution in [2.24, 2.45) is 11.8 Å². The van der Waals surface area contributed by atoms with Gasteiger partial charge in [0.2, 0.25) is 5.91 Å². The lowest BCUT2D eigenvalue weighted by Crippen LogP contribution is -2.45. The molecule has 1 saturated heterocycles. The van der Waals surface area contributed by atoms with Crippen molar-refractivity contribution in [1.29, 1.82) is 0 Å². The number of carbonyl (C=O) groups excluding carboxylic acids is 2. The second kappa shape index (κ2) is 8.46. The van der Waals surface area contributed by atoms with Gasteiger partial charge >= 0.3 is 5.97 Å². The van der Waals surface area contributed by atoms with Crippen LogP contribution in [0.25, 0.3) is 10.9 Å². The highest BCUT2D eigenvalue weighted by Gasteiger charge is 2.34. The second-order valence-electron chi connectivity index (χ2n) is 7.20. The van der Waals surface area contributed by atoms with Crippen LogP contribution in [0.5, 0.6) is 5.75 Å². The molecule has 0 radical (unpaired) electrons. The van der Waals surface area contributed by atoms with Crippen LogP contribution >= 0.6 is 0 Å². The number of H-pyrrole nitrogens is 1. The number of methoxy groups -OCH3 is 2. The molecule has 1 aromatic heterocycles. The number of piperidine rings is 1. The molecular weight excluding hydrogens is 344 g/mol. The Morgan fingerprint density at radius 2 is 2.11 bits per heavy atom. The van der Waals surface area contributed by atoms with Gasteiger partial charge in [0.05, 0.1) is 14.2 Å². The molecule has 6 nitrogen and oxygen atoms in total. The van der Waals surface area contributed by atoms with Crippen LogP contribution < -0.4 is 4.74 Å². The number of aromatic nitrogens is 1. The minimum atomic E-state index is -0.231. The van der Waals surface area contributed by atoms with Crippen LogP contribution in [-0.2, 0) is 20.7 Å². The molecule has 2 atom stereocenters. The van der Waals surface area contributed by atoms with Gasteiger partial charge in [-0.1, -0.05) is 19.4 Å². The number of nitrogens with one attached hydrogen (secondary N) is 1. The average molecular weight is 372 g/mol. The fraction of sp³-hybridized carbons (Fsp3) is 0.524. The Kier molecular flexibility index (Phi) is 6.04. The standard InChI is InChI=1S/C21H28N2O4/c1-4-14-13-23(19(24)10-16(14)11-20(25)27-3)9-8-15-12-22-17-6-5-7-18(26-2)21(15)17/h5-7,12,14,16,22H,4,8-11,13H2,1-3H3/t14-,16-/m1/s1. The second-order valence-corrected chi connectivity index (χ2v) is 7.20. The van der Waals surface area contributed by atoms with Crippen molar-refractivity contribution in [2.45, 2.75) is 32.6 Å². The van der Waals surface area contributed by atoms with Crippen molar-refractivity contribution in [1.82, 2.24) is 9.88 Å². The number of nitrogens with zero attached hydrogens (tertiary/aromatic N) is 1. The molecule has 2 aromatic rings. The maximum atomic E-state index is 12.6. The predicted octanol–water partition coefficient (Wildman–Crippen LogP) is 3.16. The molecule has 1 aliphatic heterocycles. The van der Waals surface area contributed by atoms with Gasteiger partial charge in [0.1, 0.15) is 5.75 Å². The zero-order valence-corrected chi connectivity index (χ0v) is 16.3. The molecule has 0 saturated carbocycles. The Bertz CT molecular complexity index is 814. The predicted molar refractivity (Wildman–Crippen MR) is 104 cm³/mol. The van der Waals surface area contributed by atoms with Crippen LogP contribution in [0, 0.1) is 11.8 Å². The van der Waals surface area contributed by atoms with E-state index >= 15 is 0 Å². The van der Waals surface area contributed by atoms with Crippen molar-refractivity contribution in [2.75, 3.05) is 27.3 Å². The number of benzene rings is 1. The summed E-state index contributed by atoms with van der Waals surface area (Å²) in [5, 5.41) is 1.08. The van der Waals surface area contributed by atoms with Gasteiger partial charge in [-0.15, -0.1) is 0 Å². The lowest BCUT2D eigenvalue weighted by molar-refractivity contribution is -0.145. The zero-order valence-electron chi connectivity index (χ0n) is 16.3. The fourth-order valence-electron chi connectivity index (χ4n) is 4.11. The Balaban J connectivity index is 1.68. The summed E-state index contributed by atoms with van der Waals surface area (Å²) in [6.07, 6.45) is 4.47. The van der Waals surface area contributed by atoms with Gasteiger partial charge in [0, 0.05) is 43.0 Å². The quantitative estimate of drug-likeness (QED) is 0.758. The first kappa shape index (κ1) is 19.3. The molecule has 0 aliphatic carbocycles. The Morgan fingerprint density at radius 3 is 2.81 bits per heavy atom. The van der Waals surface area contributed by atoms with E-state index in [1.165, 1.54) is 7.11 Å². The van der Waals surface area contributed by atoms with Crippen LogP contribution in [0.4, 0.5) is 0 Å². The maximum Gasteiger partial charge on any atom is 0.305 e. The first-order valence-electron chi connectivity index (χ1n) is 9.54. The van der Waals surface area contributed by atoms with Gasteiger partial charge < -0.3 is 19.4 Å². The van der Waals surface area contributed by atoms with Crippen LogP contribution in [0.15, 0.2) is 24.4 Å². The lowest BCUT2D eigenvalue weighted by atomic mass is 9.81. The van der Waals surface area contributed by atoms with E-state index in [9.17, 15) is 9.59 Å². The van der Waals surface area contributed by atoms with E-state index < -0.39 is 0 Å². The summed E-state index contributed by atoms with van der Waals surface area (Å²) in [7, 11) is 3.07. The number of fused-ring (bicyclic) bond motifs is 1. The van der Waals surface area contributed by atoms with Crippen LogP contribution in [0.1, 0.15) is 31.7 Å². The molecule has 1 aromatic carbocycles. The number of rotatable bonds is 7. The van der Waals surface area contributed by atoms with Crippen molar-refractivity contribution in [3.05, 3.63) is 30.0 Å². The molecule has 1 amide bonds. The van der Waals surface area contributed by atoms with E-state index in [0.29, 0.717) is 31.8 Å². The molecule has 1 aliphatic rings. The molecule has 2 heterocycles. The zero-order chi connectivity index (χ0) is 19.4. The molecule has 3 rings (SSSR count). The normalized spacial score (nSPS) is 20.1. The van der Waals surface area contributed by atoms with E-state index in [0.717, 1.165) is 35.1 Å². The monoisotopic (exact) mass is 372 g/mol.